The average molecular weight is 336 g/mol. The quantitative estimate of drug-likeness (QED) is 0.793. The van der Waals surface area contributed by atoms with Gasteiger partial charge in [-0.3, -0.25) is 0 Å². The van der Waals surface area contributed by atoms with Crippen LogP contribution in [0.25, 0.3) is 10.9 Å². The maximum atomic E-state index is 8.90. The molecular weight excluding hydrogens is 314 g/mol. The molecule has 2 aromatic rings. The number of aromatic nitrogens is 1. The molecule has 3 rings (SSSR count). The fraction of sp³-hybridized carbons (Fsp3) is 0.471. The zero-order chi connectivity index (χ0) is 16.1. The van der Waals surface area contributed by atoms with E-state index in [-0.39, 0.29) is 6.61 Å². The Kier molecular flexibility index (Phi) is 5.67. The van der Waals surface area contributed by atoms with Gasteiger partial charge in [0, 0.05) is 42.2 Å². The van der Waals surface area contributed by atoms with Crippen molar-refractivity contribution in [3.8, 4) is 0 Å². The Balaban J connectivity index is 1.91. The number of nitrogens with one attached hydrogen (secondary N) is 1. The summed E-state index contributed by atoms with van der Waals surface area (Å²) in [5, 5.41) is 14.1. The number of halogens is 1. The number of hydrogen-bond acceptors (Lipinski definition) is 5. The number of fused-ring (bicyclic) bond motifs is 1. The molecule has 0 unspecified atom stereocenters. The minimum atomic E-state index is 0.206. The molecule has 0 bridgehead atoms. The molecule has 1 aromatic heterocycles. The van der Waals surface area contributed by atoms with Crippen molar-refractivity contribution < 1.29 is 9.84 Å². The van der Waals surface area contributed by atoms with Gasteiger partial charge < -0.3 is 20.1 Å². The number of aliphatic hydroxyl groups is 1. The summed E-state index contributed by atoms with van der Waals surface area (Å²) in [6.07, 6.45) is 0.753. The predicted octanol–water partition coefficient (Wildman–Crippen LogP) is 2.20. The normalized spacial score (nSPS) is 15.3. The summed E-state index contributed by atoms with van der Waals surface area (Å²) in [5.74, 6) is 1.000. The molecule has 0 aliphatic carbocycles. The predicted molar refractivity (Wildman–Crippen MR) is 93.2 cm³/mol. The number of hydrogen-bond donors (Lipinski definition) is 2. The molecular formula is C17H22ClN3O2. The van der Waals surface area contributed by atoms with Gasteiger partial charge in [-0.05, 0) is 31.2 Å². The summed E-state index contributed by atoms with van der Waals surface area (Å²) in [6, 6.07) is 7.98. The molecule has 1 saturated heterocycles. The van der Waals surface area contributed by atoms with Gasteiger partial charge in [-0.2, -0.15) is 0 Å². The minimum Gasteiger partial charge on any atom is -0.396 e. The molecule has 124 valence electrons. The van der Waals surface area contributed by atoms with Gasteiger partial charge in [-0.1, -0.05) is 17.7 Å². The second-order valence-corrected chi connectivity index (χ2v) is 6.10. The smallest absolute Gasteiger partial charge is 0.133 e. The molecule has 0 radical (unpaired) electrons. The molecule has 0 atom stereocenters. The molecule has 2 N–H and O–H groups in total. The molecule has 1 fully saturated rings. The Hall–Kier alpha value is -1.40. The van der Waals surface area contributed by atoms with Crippen molar-refractivity contribution in [2.45, 2.75) is 13.0 Å². The lowest BCUT2D eigenvalue weighted by Gasteiger charge is -2.30. The summed E-state index contributed by atoms with van der Waals surface area (Å²) in [5.41, 5.74) is 2.08. The maximum Gasteiger partial charge on any atom is 0.133 e. The maximum absolute atomic E-state index is 8.90. The van der Waals surface area contributed by atoms with Crippen LogP contribution in [-0.2, 0) is 11.3 Å². The molecule has 1 aliphatic rings. The Morgan fingerprint density at radius 2 is 2.09 bits per heavy atom. The number of anilines is 1. The molecule has 0 saturated carbocycles. The van der Waals surface area contributed by atoms with Crippen LogP contribution >= 0.6 is 11.6 Å². The highest BCUT2D eigenvalue weighted by Crippen LogP contribution is 2.26. The first-order valence-corrected chi connectivity index (χ1v) is 8.39. The van der Waals surface area contributed by atoms with Gasteiger partial charge in [-0.25, -0.2) is 4.98 Å². The molecule has 23 heavy (non-hydrogen) atoms. The van der Waals surface area contributed by atoms with E-state index in [1.807, 2.05) is 18.2 Å². The van der Waals surface area contributed by atoms with E-state index in [1.165, 1.54) is 5.56 Å². The topological polar surface area (TPSA) is 57.6 Å². The molecule has 0 amide bonds. The van der Waals surface area contributed by atoms with Gasteiger partial charge in [0.05, 0.1) is 18.7 Å². The van der Waals surface area contributed by atoms with Crippen molar-refractivity contribution in [1.82, 2.24) is 10.3 Å². The molecule has 5 nitrogen and oxygen atoms in total. The number of pyridine rings is 1. The third-order valence-electron chi connectivity index (χ3n) is 3.97. The summed E-state index contributed by atoms with van der Waals surface area (Å²) in [6.45, 7) is 4.89. The lowest BCUT2D eigenvalue weighted by atomic mass is 10.1. The zero-order valence-electron chi connectivity index (χ0n) is 13.1. The van der Waals surface area contributed by atoms with Crippen molar-refractivity contribution in [3.63, 3.8) is 0 Å². The Bertz CT molecular complexity index is 660. The minimum absolute atomic E-state index is 0.206. The van der Waals surface area contributed by atoms with E-state index < -0.39 is 0 Å². The lowest BCUT2D eigenvalue weighted by molar-refractivity contribution is 0.122. The molecule has 0 spiro atoms. The molecule has 6 heteroatoms. The summed E-state index contributed by atoms with van der Waals surface area (Å²) >= 11 is 6.11. The fourth-order valence-corrected chi connectivity index (χ4v) is 2.95. The number of nitrogens with zero attached hydrogens (tertiary/aromatic N) is 2. The van der Waals surface area contributed by atoms with Gasteiger partial charge in [0.1, 0.15) is 5.82 Å². The largest absolute Gasteiger partial charge is 0.396 e. The van der Waals surface area contributed by atoms with Crippen LogP contribution in [0.4, 0.5) is 5.82 Å². The second kappa shape index (κ2) is 7.93. The standard InChI is InChI=1S/C17H22ClN3O2/c18-15-3-2-13-10-14(12-19-4-1-7-22)17(20-16(13)11-15)21-5-8-23-9-6-21/h2-3,10-11,19,22H,1,4-9,12H2. The number of aliphatic hydroxyl groups excluding tert-OH is 1. The zero-order valence-corrected chi connectivity index (χ0v) is 13.9. The van der Waals surface area contributed by atoms with Crippen molar-refractivity contribution in [2.75, 3.05) is 44.4 Å². The SMILES string of the molecule is OCCCNCc1cc2ccc(Cl)cc2nc1N1CCOCC1. The second-order valence-electron chi connectivity index (χ2n) is 5.66. The Morgan fingerprint density at radius 3 is 2.87 bits per heavy atom. The van der Waals surface area contributed by atoms with Gasteiger partial charge in [0.25, 0.3) is 0 Å². The number of benzene rings is 1. The van der Waals surface area contributed by atoms with Crippen LogP contribution in [0.1, 0.15) is 12.0 Å². The van der Waals surface area contributed by atoms with E-state index in [1.54, 1.807) is 0 Å². The van der Waals surface area contributed by atoms with Crippen molar-refractivity contribution in [1.29, 1.82) is 0 Å². The van der Waals surface area contributed by atoms with Crippen molar-refractivity contribution >= 4 is 28.3 Å². The first kappa shape index (κ1) is 16.5. The number of morpholine rings is 1. The fourth-order valence-electron chi connectivity index (χ4n) is 2.78. The third-order valence-corrected chi connectivity index (χ3v) is 4.21. The first-order valence-electron chi connectivity index (χ1n) is 8.01. The summed E-state index contributed by atoms with van der Waals surface area (Å²) in [7, 11) is 0. The lowest BCUT2D eigenvalue weighted by Crippen LogP contribution is -2.37. The van der Waals surface area contributed by atoms with Crippen LogP contribution in [0.2, 0.25) is 5.02 Å². The first-order chi connectivity index (χ1) is 11.3. The van der Waals surface area contributed by atoms with Gasteiger partial charge in [0.2, 0.25) is 0 Å². The van der Waals surface area contributed by atoms with E-state index in [0.29, 0.717) is 5.02 Å². The highest BCUT2D eigenvalue weighted by atomic mass is 35.5. The Labute approximate surface area is 141 Å². The van der Waals surface area contributed by atoms with Gasteiger partial charge in [0.15, 0.2) is 0 Å². The van der Waals surface area contributed by atoms with Crippen LogP contribution < -0.4 is 10.2 Å². The number of rotatable bonds is 6. The van der Waals surface area contributed by atoms with E-state index in [0.717, 1.165) is 62.5 Å². The van der Waals surface area contributed by atoms with E-state index in [9.17, 15) is 0 Å². The highest BCUT2D eigenvalue weighted by Gasteiger charge is 2.17. The Morgan fingerprint density at radius 1 is 1.26 bits per heavy atom. The van der Waals surface area contributed by atoms with Crippen molar-refractivity contribution in [3.05, 3.63) is 34.9 Å². The van der Waals surface area contributed by atoms with Crippen molar-refractivity contribution in [2.24, 2.45) is 0 Å². The van der Waals surface area contributed by atoms with Crippen LogP contribution in [0, 0.1) is 0 Å². The highest BCUT2D eigenvalue weighted by molar-refractivity contribution is 6.31. The van der Waals surface area contributed by atoms with Gasteiger partial charge in [-0.15, -0.1) is 0 Å². The van der Waals surface area contributed by atoms with E-state index in [2.05, 4.69) is 16.3 Å². The van der Waals surface area contributed by atoms with Crippen LogP contribution in [-0.4, -0.2) is 49.5 Å². The van der Waals surface area contributed by atoms with Crippen LogP contribution in [0.15, 0.2) is 24.3 Å². The van der Waals surface area contributed by atoms with Crippen LogP contribution in [0.3, 0.4) is 0 Å². The number of ether oxygens (including phenoxy) is 1. The summed E-state index contributed by atoms with van der Waals surface area (Å²) < 4.78 is 5.45. The van der Waals surface area contributed by atoms with Crippen LogP contribution in [0.5, 0.6) is 0 Å². The molecule has 1 aliphatic heterocycles. The van der Waals surface area contributed by atoms with E-state index in [4.69, 9.17) is 26.4 Å². The summed E-state index contributed by atoms with van der Waals surface area (Å²) in [4.78, 5) is 7.13. The monoisotopic (exact) mass is 335 g/mol. The van der Waals surface area contributed by atoms with E-state index >= 15 is 0 Å². The molecule has 1 aromatic carbocycles. The average Bonchev–Trinajstić information content (AvgIpc) is 2.59. The molecule has 2 heterocycles. The van der Waals surface area contributed by atoms with Gasteiger partial charge >= 0.3 is 0 Å². The third kappa shape index (κ3) is 4.12.